The Morgan fingerprint density at radius 1 is 0.933 bits per heavy atom. The van der Waals surface area contributed by atoms with Crippen LogP contribution in [0.2, 0.25) is 15.1 Å². The molecule has 160 valence electrons. The van der Waals surface area contributed by atoms with Gasteiger partial charge >= 0.3 is 12.1 Å². The quantitative estimate of drug-likeness (QED) is 0.442. The molecule has 0 aliphatic heterocycles. The summed E-state index contributed by atoms with van der Waals surface area (Å²) in [5.74, 6) is -4.27. The van der Waals surface area contributed by atoms with E-state index >= 15 is 0 Å². The van der Waals surface area contributed by atoms with Gasteiger partial charge in [-0.3, -0.25) is 9.59 Å². The maximum absolute atomic E-state index is 12.7. The summed E-state index contributed by atoms with van der Waals surface area (Å²) in [6, 6.07) is 8.33. The molecule has 2 unspecified atom stereocenters. The summed E-state index contributed by atoms with van der Waals surface area (Å²) in [5, 5.41) is 4.69. The van der Waals surface area contributed by atoms with Gasteiger partial charge in [-0.15, -0.1) is 23.2 Å². The van der Waals surface area contributed by atoms with Crippen LogP contribution in [0.25, 0.3) is 0 Å². The first-order valence-electron chi connectivity index (χ1n) is 8.13. The third kappa shape index (κ3) is 4.92. The molecular weight excluding hydrogens is 510 g/mol. The van der Waals surface area contributed by atoms with Crippen molar-refractivity contribution in [2.24, 2.45) is 5.92 Å². The highest BCUT2D eigenvalue weighted by atomic mass is 35.5. The standard InChI is InChI=1S/C18H10Cl5F3N2O2/c19-8-3-7(4-9(20)5-8)13-14(17(13,22)23)15(29)27-10-1-2-11(21)12(6-10)28-16(30)18(24,25)26/h1-6,13-14H,(H,27,29)(H,28,30). The summed E-state index contributed by atoms with van der Waals surface area (Å²) in [6.07, 6.45) is -5.10. The van der Waals surface area contributed by atoms with Crippen molar-refractivity contribution < 1.29 is 22.8 Å². The Balaban J connectivity index is 1.78. The van der Waals surface area contributed by atoms with E-state index in [0.717, 1.165) is 6.07 Å². The molecule has 4 nitrogen and oxygen atoms in total. The molecule has 2 aromatic rings. The molecule has 0 spiro atoms. The third-order valence-electron chi connectivity index (χ3n) is 4.32. The van der Waals surface area contributed by atoms with Crippen molar-refractivity contribution >= 4 is 81.2 Å². The van der Waals surface area contributed by atoms with Gasteiger partial charge in [0.05, 0.1) is 16.6 Å². The second-order valence-corrected chi connectivity index (χ2v) is 9.19. The van der Waals surface area contributed by atoms with Gasteiger partial charge in [-0.1, -0.05) is 34.8 Å². The Labute approximate surface area is 193 Å². The van der Waals surface area contributed by atoms with Gasteiger partial charge in [0.15, 0.2) is 0 Å². The third-order valence-corrected chi connectivity index (χ3v) is 6.03. The second-order valence-electron chi connectivity index (χ2n) is 6.47. The van der Waals surface area contributed by atoms with E-state index in [1.807, 2.05) is 0 Å². The Kier molecular flexibility index (Phi) is 6.43. The Morgan fingerprint density at radius 2 is 1.53 bits per heavy atom. The van der Waals surface area contributed by atoms with Crippen LogP contribution in [0, 0.1) is 5.92 Å². The van der Waals surface area contributed by atoms with Crippen LogP contribution in [0.15, 0.2) is 36.4 Å². The highest BCUT2D eigenvalue weighted by molar-refractivity contribution is 6.53. The normalized spacial score (nSPS) is 19.9. The highest BCUT2D eigenvalue weighted by Gasteiger charge is 2.67. The average molecular weight is 521 g/mol. The maximum atomic E-state index is 12.7. The molecule has 2 amide bonds. The van der Waals surface area contributed by atoms with Crippen LogP contribution in [-0.2, 0) is 9.59 Å². The summed E-state index contributed by atoms with van der Waals surface area (Å²) >= 11 is 30.3. The van der Waals surface area contributed by atoms with Gasteiger partial charge in [-0.2, -0.15) is 13.2 Å². The summed E-state index contributed by atoms with van der Waals surface area (Å²) in [6.45, 7) is 0. The monoisotopic (exact) mass is 518 g/mol. The molecule has 1 saturated carbocycles. The fourth-order valence-electron chi connectivity index (χ4n) is 2.93. The van der Waals surface area contributed by atoms with Crippen LogP contribution in [0.4, 0.5) is 24.5 Å². The van der Waals surface area contributed by atoms with E-state index in [2.05, 4.69) is 5.32 Å². The summed E-state index contributed by atoms with van der Waals surface area (Å²) in [7, 11) is 0. The van der Waals surface area contributed by atoms with E-state index in [-0.39, 0.29) is 16.4 Å². The van der Waals surface area contributed by atoms with Gasteiger partial charge < -0.3 is 10.6 Å². The van der Waals surface area contributed by atoms with E-state index in [0.29, 0.717) is 15.6 Å². The zero-order valence-electron chi connectivity index (χ0n) is 14.5. The van der Waals surface area contributed by atoms with Crippen LogP contribution in [0.1, 0.15) is 11.5 Å². The Morgan fingerprint density at radius 3 is 2.10 bits per heavy atom. The van der Waals surface area contributed by atoms with Gasteiger partial charge in [0.1, 0.15) is 4.33 Å². The van der Waals surface area contributed by atoms with Crippen LogP contribution in [0.3, 0.4) is 0 Å². The van der Waals surface area contributed by atoms with Gasteiger partial charge in [0.2, 0.25) is 5.91 Å². The molecule has 2 atom stereocenters. The molecule has 1 fully saturated rings. The van der Waals surface area contributed by atoms with Crippen molar-refractivity contribution in [2.45, 2.75) is 16.4 Å². The first kappa shape index (κ1) is 23.3. The Bertz CT molecular complexity index is 1010. The molecule has 0 bridgehead atoms. The lowest BCUT2D eigenvalue weighted by atomic mass is 10.1. The van der Waals surface area contributed by atoms with E-state index in [4.69, 9.17) is 58.0 Å². The molecule has 30 heavy (non-hydrogen) atoms. The molecule has 0 radical (unpaired) electrons. The van der Waals surface area contributed by atoms with Crippen LogP contribution in [0.5, 0.6) is 0 Å². The largest absolute Gasteiger partial charge is 0.471 e. The zero-order chi connectivity index (χ0) is 22.4. The first-order chi connectivity index (χ1) is 13.8. The molecule has 1 aliphatic rings. The van der Waals surface area contributed by atoms with Crippen LogP contribution >= 0.6 is 58.0 Å². The summed E-state index contributed by atoms with van der Waals surface area (Å²) in [4.78, 5) is 23.8. The summed E-state index contributed by atoms with van der Waals surface area (Å²) in [5.41, 5.74) is 0.321. The molecule has 3 rings (SSSR count). The number of amides is 2. The maximum Gasteiger partial charge on any atom is 0.471 e. The lowest BCUT2D eigenvalue weighted by Crippen LogP contribution is -2.30. The number of nitrogens with one attached hydrogen (secondary N) is 2. The number of halogens is 8. The molecule has 12 heteroatoms. The van der Waals surface area contributed by atoms with Crippen LogP contribution in [-0.4, -0.2) is 22.3 Å². The van der Waals surface area contributed by atoms with Gasteiger partial charge in [0, 0.05) is 21.7 Å². The molecule has 2 aromatic carbocycles. The Hall–Kier alpha value is -1.38. The van der Waals surface area contributed by atoms with E-state index in [9.17, 15) is 22.8 Å². The van der Waals surface area contributed by atoms with Gasteiger partial charge in [-0.05, 0) is 42.0 Å². The topological polar surface area (TPSA) is 58.2 Å². The predicted octanol–water partition coefficient (Wildman–Crippen LogP) is 6.67. The van der Waals surface area contributed by atoms with Crippen molar-refractivity contribution in [1.29, 1.82) is 0 Å². The summed E-state index contributed by atoms with van der Waals surface area (Å²) < 4.78 is 36.0. The minimum Gasteiger partial charge on any atom is -0.326 e. The number of hydrogen-bond donors (Lipinski definition) is 2. The zero-order valence-corrected chi connectivity index (χ0v) is 18.2. The number of carbonyl (C=O) groups excluding carboxylic acids is 2. The van der Waals surface area contributed by atoms with E-state index in [1.54, 1.807) is 17.4 Å². The van der Waals surface area contributed by atoms with Gasteiger partial charge in [-0.25, -0.2) is 0 Å². The van der Waals surface area contributed by atoms with Crippen molar-refractivity contribution in [2.75, 3.05) is 10.6 Å². The minimum absolute atomic E-state index is 0.0841. The second kappa shape index (κ2) is 8.28. The lowest BCUT2D eigenvalue weighted by Gasteiger charge is -2.12. The minimum atomic E-state index is -5.10. The molecule has 0 saturated heterocycles. The lowest BCUT2D eigenvalue weighted by molar-refractivity contribution is -0.167. The SMILES string of the molecule is O=C(Nc1ccc(Cl)c(NC(=O)C(F)(F)F)c1)C1C(c2cc(Cl)cc(Cl)c2)C1(Cl)Cl. The average Bonchev–Trinajstić information content (AvgIpc) is 3.18. The van der Waals surface area contributed by atoms with Crippen molar-refractivity contribution in [3.8, 4) is 0 Å². The van der Waals surface area contributed by atoms with Crippen molar-refractivity contribution in [3.63, 3.8) is 0 Å². The number of rotatable bonds is 4. The van der Waals surface area contributed by atoms with Crippen molar-refractivity contribution in [3.05, 3.63) is 57.0 Å². The molecule has 0 heterocycles. The molecule has 0 aromatic heterocycles. The number of anilines is 2. The number of benzene rings is 2. The van der Waals surface area contributed by atoms with E-state index in [1.165, 1.54) is 18.2 Å². The number of hydrogen-bond acceptors (Lipinski definition) is 2. The van der Waals surface area contributed by atoms with Crippen molar-refractivity contribution in [1.82, 2.24) is 0 Å². The van der Waals surface area contributed by atoms with Gasteiger partial charge in [0.25, 0.3) is 0 Å². The number of alkyl halides is 5. The molecule has 2 N–H and O–H groups in total. The molecular formula is C18H10Cl5F3N2O2. The van der Waals surface area contributed by atoms with E-state index < -0.39 is 34.2 Å². The highest BCUT2D eigenvalue weighted by Crippen LogP contribution is 2.65. The predicted molar refractivity (Wildman–Crippen MR) is 112 cm³/mol. The number of carbonyl (C=O) groups is 2. The smallest absolute Gasteiger partial charge is 0.326 e. The molecule has 1 aliphatic carbocycles. The van der Waals surface area contributed by atoms with Crippen LogP contribution < -0.4 is 10.6 Å². The fourth-order valence-corrected chi connectivity index (χ4v) is 4.47. The fraction of sp³-hybridized carbons (Fsp3) is 0.222. The first-order valence-corrected chi connectivity index (χ1v) is 10.0.